The molecule has 3 nitrogen and oxygen atoms in total. The fraction of sp³-hybridized carbons (Fsp3) is 0.214. The zero-order valence-electron chi connectivity index (χ0n) is 18.2. The number of anilines is 1. The number of fused-ring (bicyclic) bond motifs is 1. The standard InChI is InChI=1S/C28H24ClN3S/c29-24-14-12-20(13-15-24)26-18-33-28(30-26)32-27(21-7-2-1-3-8-21)17-25(31-32)23-11-10-19-6-4-5-9-22(19)16-23/h1-3,7-8,10-16,18,27H,4-6,9,17H2/t27-/m0/s1. The number of benzene rings is 3. The van der Waals surface area contributed by atoms with Gasteiger partial charge in [-0.3, -0.25) is 0 Å². The monoisotopic (exact) mass is 469 g/mol. The van der Waals surface area contributed by atoms with Gasteiger partial charge in [0.1, 0.15) is 0 Å². The molecular formula is C28H24ClN3S. The summed E-state index contributed by atoms with van der Waals surface area (Å²) in [6.45, 7) is 0. The van der Waals surface area contributed by atoms with Crippen LogP contribution in [-0.4, -0.2) is 10.7 Å². The van der Waals surface area contributed by atoms with Gasteiger partial charge in [-0.2, -0.15) is 5.10 Å². The summed E-state index contributed by atoms with van der Waals surface area (Å²) in [5.74, 6) is 0. The first-order valence-corrected chi connectivity index (χ1v) is 12.8. The lowest BCUT2D eigenvalue weighted by Gasteiger charge is -2.21. The van der Waals surface area contributed by atoms with Gasteiger partial charge in [0.15, 0.2) is 0 Å². The second kappa shape index (κ2) is 8.77. The van der Waals surface area contributed by atoms with E-state index in [0.717, 1.165) is 33.5 Å². The number of hydrogen-bond acceptors (Lipinski definition) is 4. The molecule has 3 aromatic carbocycles. The van der Waals surface area contributed by atoms with E-state index < -0.39 is 0 Å². The highest BCUT2D eigenvalue weighted by Crippen LogP contribution is 2.39. The highest BCUT2D eigenvalue weighted by molar-refractivity contribution is 7.14. The maximum atomic E-state index is 6.07. The van der Waals surface area contributed by atoms with Crippen molar-refractivity contribution in [2.75, 3.05) is 5.01 Å². The Morgan fingerprint density at radius 3 is 2.42 bits per heavy atom. The van der Waals surface area contributed by atoms with E-state index in [2.05, 4.69) is 58.9 Å². The number of halogens is 1. The molecule has 4 aromatic rings. The molecule has 5 heteroatoms. The van der Waals surface area contributed by atoms with Crippen LogP contribution in [0.1, 0.15) is 47.6 Å². The number of aromatic nitrogens is 1. The fourth-order valence-corrected chi connectivity index (χ4v) is 5.79. The van der Waals surface area contributed by atoms with E-state index >= 15 is 0 Å². The highest BCUT2D eigenvalue weighted by atomic mass is 35.5. The van der Waals surface area contributed by atoms with Crippen molar-refractivity contribution in [2.45, 2.75) is 38.1 Å². The summed E-state index contributed by atoms with van der Waals surface area (Å²) in [7, 11) is 0. The SMILES string of the molecule is Clc1ccc(-c2csc(N3N=C(c4ccc5c(c4)CCCC5)C[C@H]3c3ccccc3)n2)cc1. The predicted octanol–water partition coefficient (Wildman–Crippen LogP) is 7.70. The maximum Gasteiger partial charge on any atom is 0.207 e. The summed E-state index contributed by atoms with van der Waals surface area (Å²) in [6.07, 6.45) is 5.84. The molecule has 6 rings (SSSR count). The maximum absolute atomic E-state index is 6.07. The lowest BCUT2D eigenvalue weighted by molar-refractivity contribution is 0.685. The van der Waals surface area contributed by atoms with Crippen LogP contribution in [0.2, 0.25) is 5.02 Å². The van der Waals surface area contributed by atoms with Gasteiger partial charge in [0.25, 0.3) is 0 Å². The molecule has 1 atom stereocenters. The van der Waals surface area contributed by atoms with Gasteiger partial charge in [-0.1, -0.05) is 66.2 Å². The number of aryl methyl sites for hydroxylation is 2. The fourth-order valence-electron chi connectivity index (χ4n) is 4.83. The largest absolute Gasteiger partial charge is 0.231 e. The minimum absolute atomic E-state index is 0.140. The van der Waals surface area contributed by atoms with Crippen LogP contribution in [0, 0.1) is 0 Å². The molecule has 2 aliphatic rings. The number of hydrogen-bond donors (Lipinski definition) is 0. The minimum atomic E-state index is 0.140. The zero-order valence-corrected chi connectivity index (χ0v) is 19.8. The van der Waals surface area contributed by atoms with Crippen LogP contribution in [0.4, 0.5) is 5.13 Å². The van der Waals surface area contributed by atoms with Crippen molar-refractivity contribution in [3.8, 4) is 11.3 Å². The zero-order chi connectivity index (χ0) is 22.2. The molecule has 0 unspecified atom stereocenters. The Labute approximate surface area is 203 Å². The Morgan fingerprint density at radius 2 is 1.61 bits per heavy atom. The van der Waals surface area contributed by atoms with Crippen LogP contribution in [0.3, 0.4) is 0 Å². The molecule has 1 aliphatic carbocycles. The number of rotatable bonds is 4. The number of thiazole rings is 1. The Kier molecular flexibility index (Phi) is 5.49. The number of hydrazone groups is 1. The summed E-state index contributed by atoms with van der Waals surface area (Å²) < 4.78 is 0. The van der Waals surface area contributed by atoms with Crippen molar-refractivity contribution >= 4 is 33.8 Å². The predicted molar refractivity (Wildman–Crippen MR) is 138 cm³/mol. The van der Waals surface area contributed by atoms with E-state index in [9.17, 15) is 0 Å². The van der Waals surface area contributed by atoms with Crippen LogP contribution >= 0.6 is 22.9 Å². The van der Waals surface area contributed by atoms with E-state index in [-0.39, 0.29) is 6.04 Å². The third-order valence-corrected chi connectivity index (χ3v) is 7.69. The van der Waals surface area contributed by atoms with Gasteiger partial charge >= 0.3 is 0 Å². The Balaban J connectivity index is 1.37. The van der Waals surface area contributed by atoms with E-state index in [1.54, 1.807) is 11.3 Å². The van der Waals surface area contributed by atoms with Gasteiger partial charge in [-0.15, -0.1) is 11.3 Å². The van der Waals surface area contributed by atoms with Crippen molar-refractivity contribution in [1.29, 1.82) is 0 Å². The van der Waals surface area contributed by atoms with E-state index in [1.807, 2.05) is 24.3 Å². The average Bonchev–Trinajstić information content (AvgIpc) is 3.53. The molecule has 0 amide bonds. The molecule has 1 aliphatic heterocycles. The summed E-state index contributed by atoms with van der Waals surface area (Å²) >= 11 is 7.71. The first kappa shape index (κ1) is 20.6. The van der Waals surface area contributed by atoms with Gasteiger partial charge in [0.2, 0.25) is 5.13 Å². The van der Waals surface area contributed by atoms with E-state index in [4.69, 9.17) is 21.7 Å². The molecule has 0 saturated heterocycles. The Bertz CT molecular complexity index is 1310. The van der Waals surface area contributed by atoms with Gasteiger partial charge in [0.05, 0.1) is 17.4 Å². The minimum Gasteiger partial charge on any atom is -0.231 e. The molecule has 0 radical (unpaired) electrons. The second-order valence-corrected chi connectivity index (χ2v) is 10.0. The van der Waals surface area contributed by atoms with Gasteiger partial charge in [-0.25, -0.2) is 9.99 Å². The number of nitrogens with zero attached hydrogens (tertiary/aromatic N) is 3. The summed E-state index contributed by atoms with van der Waals surface area (Å²) in [5.41, 5.74) is 8.67. The molecule has 0 spiro atoms. The van der Waals surface area contributed by atoms with Gasteiger partial charge in [-0.05, 0) is 66.1 Å². The van der Waals surface area contributed by atoms with Crippen LogP contribution in [-0.2, 0) is 12.8 Å². The van der Waals surface area contributed by atoms with Crippen molar-refractivity contribution in [2.24, 2.45) is 5.10 Å². The van der Waals surface area contributed by atoms with E-state index in [0.29, 0.717) is 0 Å². The van der Waals surface area contributed by atoms with Crippen molar-refractivity contribution in [1.82, 2.24) is 4.98 Å². The molecule has 33 heavy (non-hydrogen) atoms. The molecule has 1 aromatic heterocycles. The first-order valence-electron chi connectivity index (χ1n) is 11.5. The smallest absolute Gasteiger partial charge is 0.207 e. The lowest BCUT2D eigenvalue weighted by atomic mass is 9.89. The topological polar surface area (TPSA) is 28.5 Å². The second-order valence-electron chi connectivity index (χ2n) is 8.73. The van der Waals surface area contributed by atoms with Crippen LogP contribution in [0.15, 0.2) is 83.3 Å². The molecule has 0 bridgehead atoms. The van der Waals surface area contributed by atoms with Crippen molar-refractivity contribution < 1.29 is 0 Å². The quantitative estimate of drug-likeness (QED) is 0.306. The molecule has 2 heterocycles. The third-order valence-electron chi connectivity index (χ3n) is 6.60. The summed E-state index contributed by atoms with van der Waals surface area (Å²) in [6, 6.07) is 25.6. The summed E-state index contributed by atoms with van der Waals surface area (Å²) in [5, 5.41) is 11.0. The average molecular weight is 470 g/mol. The molecular weight excluding hydrogens is 446 g/mol. The molecule has 164 valence electrons. The highest BCUT2D eigenvalue weighted by Gasteiger charge is 2.32. The molecule has 0 N–H and O–H groups in total. The first-order chi connectivity index (χ1) is 16.2. The Morgan fingerprint density at radius 1 is 0.848 bits per heavy atom. The van der Waals surface area contributed by atoms with Crippen molar-refractivity contribution in [3.05, 3.63) is 105 Å². The third kappa shape index (κ3) is 4.09. The normalized spacial score (nSPS) is 17.7. The van der Waals surface area contributed by atoms with Crippen LogP contribution in [0.5, 0.6) is 0 Å². The Hall–Kier alpha value is -2.95. The molecule has 0 fully saturated rings. The lowest BCUT2D eigenvalue weighted by Crippen LogP contribution is -2.18. The van der Waals surface area contributed by atoms with E-state index in [1.165, 1.54) is 47.9 Å². The van der Waals surface area contributed by atoms with Crippen LogP contribution < -0.4 is 5.01 Å². The van der Waals surface area contributed by atoms with Gasteiger partial charge < -0.3 is 0 Å². The van der Waals surface area contributed by atoms with Crippen LogP contribution in [0.25, 0.3) is 11.3 Å². The van der Waals surface area contributed by atoms with Crippen molar-refractivity contribution in [3.63, 3.8) is 0 Å². The molecule has 0 saturated carbocycles. The van der Waals surface area contributed by atoms with Gasteiger partial charge in [0, 0.05) is 22.4 Å². The summed E-state index contributed by atoms with van der Waals surface area (Å²) in [4.78, 5) is 4.96.